The molecule has 1 atom stereocenters. The van der Waals surface area contributed by atoms with Crippen LogP contribution in [0.2, 0.25) is 0 Å². The van der Waals surface area contributed by atoms with Gasteiger partial charge in [-0.1, -0.05) is 52.8 Å². The number of nitrogens with one attached hydrogen (secondary N) is 1. The lowest BCUT2D eigenvalue weighted by Gasteiger charge is -2.40. The van der Waals surface area contributed by atoms with Crippen molar-refractivity contribution in [3.8, 4) is 0 Å². The van der Waals surface area contributed by atoms with Gasteiger partial charge in [-0.15, -0.1) is 0 Å². The standard InChI is InChI=1S/C15H28N2OS/c1-5-15(6-2,13(16)19)17-12(18)11-9-7-8-10-14(11,3)4/h11H,5-10H2,1-4H3,(H2,16,19)(H,17,18). The molecule has 4 heteroatoms. The molecule has 1 aliphatic rings. The summed E-state index contributed by atoms with van der Waals surface area (Å²) in [6.45, 7) is 8.43. The molecule has 0 aromatic heterocycles. The Balaban J connectivity index is 2.85. The predicted molar refractivity (Wildman–Crippen MR) is 84.0 cm³/mol. The Morgan fingerprint density at radius 1 is 1.37 bits per heavy atom. The Labute approximate surface area is 122 Å². The molecule has 0 aliphatic heterocycles. The van der Waals surface area contributed by atoms with Gasteiger partial charge in [-0.2, -0.15) is 0 Å². The van der Waals surface area contributed by atoms with Gasteiger partial charge in [0.15, 0.2) is 0 Å². The van der Waals surface area contributed by atoms with E-state index < -0.39 is 5.54 Å². The van der Waals surface area contributed by atoms with Crippen LogP contribution >= 0.6 is 12.2 Å². The molecule has 3 N–H and O–H groups in total. The van der Waals surface area contributed by atoms with Crippen LogP contribution in [0.25, 0.3) is 0 Å². The average Bonchev–Trinajstić information content (AvgIpc) is 2.34. The maximum Gasteiger partial charge on any atom is 0.224 e. The Bertz CT molecular complexity index is 348. The highest BCUT2D eigenvalue weighted by molar-refractivity contribution is 7.80. The normalized spacial score (nSPS) is 22.8. The minimum absolute atomic E-state index is 0.0752. The fraction of sp³-hybridized carbons (Fsp3) is 0.867. The summed E-state index contributed by atoms with van der Waals surface area (Å²) in [7, 11) is 0. The molecule has 1 aliphatic carbocycles. The number of hydrogen-bond donors (Lipinski definition) is 2. The van der Waals surface area contributed by atoms with Crippen LogP contribution in [0.5, 0.6) is 0 Å². The van der Waals surface area contributed by atoms with E-state index in [-0.39, 0.29) is 17.2 Å². The number of hydrogen-bond acceptors (Lipinski definition) is 2. The van der Waals surface area contributed by atoms with E-state index in [0.29, 0.717) is 4.99 Å². The first-order valence-electron chi connectivity index (χ1n) is 7.41. The average molecular weight is 284 g/mol. The van der Waals surface area contributed by atoms with Gasteiger partial charge in [0, 0.05) is 5.92 Å². The van der Waals surface area contributed by atoms with Crippen molar-refractivity contribution in [3.63, 3.8) is 0 Å². The zero-order valence-corrected chi connectivity index (χ0v) is 13.5. The van der Waals surface area contributed by atoms with E-state index in [1.54, 1.807) is 0 Å². The molecular weight excluding hydrogens is 256 g/mol. The van der Waals surface area contributed by atoms with Crippen LogP contribution in [-0.2, 0) is 4.79 Å². The van der Waals surface area contributed by atoms with Crippen molar-refractivity contribution in [1.82, 2.24) is 5.32 Å². The fourth-order valence-corrected chi connectivity index (χ4v) is 3.48. The van der Waals surface area contributed by atoms with E-state index in [1.807, 2.05) is 13.8 Å². The van der Waals surface area contributed by atoms with Crippen molar-refractivity contribution in [3.05, 3.63) is 0 Å². The molecule has 1 unspecified atom stereocenters. The highest BCUT2D eigenvalue weighted by Gasteiger charge is 2.40. The van der Waals surface area contributed by atoms with E-state index in [1.165, 1.54) is 6.42 Å². The molecule has 110 valence electrons. The summed E-state index contributed by atoms with van der Waals surface area (Å²) in [5, 5.41) is 3.15. The fourth-order valence-electron chi connectivity index (χ4n) is 3.14. The molecule has 1 amide bonds. The zero-order valence-electron chi connectivity index (χ0n) is 12.7. The second kappa shape index (κ2) is 6.21. The first kappa shape index (κ1) is 16.4. The van der Waals surface area contributed by atoms with Crippen LogP contribution < -0.4 is 11.1 Å². The quantitative estimate of drug-likeness (QED) is 0.762. The van der Waals surface area contributed by atoms with E-state index in [9.17, 15) is 4.79 Å². The van der Waals surface area contributed by atoms with Crippen molar-refractivity contribution in [2.45, 2.75) is 71.8 Å². The highest BCUT2D eigenvalue weighted by atomic mass is 32.1. The largest absolute Gasteiger partial charge is 0.391 e. The van der Waals surface area contributed by atoms with Gasteiger partial charge in [0.2, 0.25) is 5.91 Å². The summed E-state index contributed by atoms with van der Waals surface area (Å²) in [4.78, 5) is 13.0. The third kappa shape index (κ3) is 3.47. The summed E-state index contributed by atoms with van der Waals surface area (Å²) < 4.78 is 0. The number of amides is 1. The monoisotopic (exact) mass is 284 g/mol. The van der Waals surface area contributed by atoms with Gasteiger partial charge in [0.05, 0.1) is 10.5 Å². The molecule has 0 bridgehead atoms. The van der Waals surface area contributed by atoms with Gasteiger partial charge in [-0.05, 0) is 31.1 Å². The number of rotatable bonds is 5. The van der Waals surface area contributed by atoms with Gasteiger partial charge in [-0.3, -0.25) is 4.79 Å². The second-order valence-electron chi connectivity index (χ2n) is 6.43. The molecule has 0 aromatic rings. The lowest BCUT2D eigenvalue weighted by atomic mass is 9.68. The van der Waals surface area contributed by atoms with Gasteiger partial charge < -0.3 is 11.1 Å². The summed E-state index contributed by atoms with van der Waals surface area (Å²) in [5.41, 5.74) is 5.42. The third-order valence-corrected chi connectivity index (χ3v) is 5.26. The van der Waals surface area contributed by atoms with Crippen LogP contribution in [0.1, 0.15) is 66.2 Å². The summed E-state index contributed by atoms with van der Waals surface area (Å²) in [6, 6.07) is 0. The first-order valence-corrected chi connectivity index (χ1v) is 7.82. The Morgan fingerprint density at radius 3 is 2.37 bits per heavy atom. The lowest BCUT2D eigenvalue weighted by Crippen LogP contribution is -2.58. The van der Waals surface area contributed by atoms with Gasteiger partial charge in [-0.25, -0.2) is 0 Å². The van der Waals surface area contributed by atoms with Gasteiger partial charge in [0.1, 0.15) is 0 Å². The molecule has 1 fully saturated rings. The third-order valence-electron chi connectivity index (χ3n) is 4.86. The van der Waals surface area contributed by atoms with Gasteiger partial charge >= 0.3 is 0 Å². The molecular formula is C15H28N2OS. The maximum atomic E-state index is 12.6. The zero-order chi connectivity index (χ0) is 14.7. The second-order valence-corrected chi connectivity index (χ2v) is 6.87. The van der Waals surface area contributed by atoms with Crippen LogP contribution in [0.15, 0.2) is 0 Å². The summed E-state index contributed by atoms with van der Waals surface area (Å²) in [6.07, 6.45) is 5.94. The molecule has 1 saturated carbocycles. The van der Waals surface area contributed by atoms with Crippen molar-refractivity contribution in [2.24, 2.45) is 17.1 Å². The first-order chi connectivity index (χ1) is 8.79. The topological polar surface area (TPSA) is 55.1 Å². The Kier molecular flexibility index (Phi) is 5.36. The smallest absolute Gasteiger partial charge is 0.224 e. The van der Waals surface area contributed by atoms with Crippen LogP contribution in [-0.4, -0.2) is 16.4 Å². The Hall–Kier alpha value is -0.640. The Morgan fingerprint density at radius 2 is 1.95 bits per heavy atom. The van der Waals surface area contributed by atoms with E-state index >= 15 is 0 Å². The molecule has 0 heterocycles. The number of thiocarbonyl (C=S) groups is 1. The van der Waals surface area contributed by atoms with Crippen LogP contribution in [0.3, 0.4) is 0 Å². The molecule has 0 radical (unpaired) electrons. The van der Waals surface area contributed by atoms with E-state index in [0.717, 1.165) is 32.1 Å². The van der Waals surface area contributed by atoms with E-state index in [2.05, 4.69) is 19.2 Å². The number of carbonyl (C=O) groups excluding carboxylic acids is 1. The van der Waals surface area contributed by atoms with Gasteiger partial charge in [0.25, 0.3) is 0 Å². The molecule has 0 aromatic carbocycles. The van der Waals surface area contributed by atoms with Crippen molar-refractivity contribution in [1.29, 1.82) is 0 Å². The highest BCUT2D eigenvalue weighted by Crippen LogP contribution is 2.41. The molecule has 0 saturated heterocycles. The number of carbonyl (C=O) groups is 1. The van der Waals surface area contributed by atoms with Crippen LogP contribution in [0, 0.1) is 11.3 Å². The molecule has 19 heavy (non-hydrogen) atoms. The summed E-state index contributed by atoms with van der Waals surface area (Å²) >= 11 is 5.17. The molecule has 0 spiro atoms. The minimum Gasteiger partial charge on any atom is -0.391 e. The molecule has 1 rings (SSSR count). The van der Waals surface area contributed by atoms with Crippen molar-refractivity contribution < 1.29 is 4.79 Å². The van der Waals surface area contributed by atoms with Crippen LogP contribution in [0.4, 0.5) is 0 Å². The van der Waals surface area contributed by atoms with E-state index in [4.69, 9.17) is 18.0 Å². The number of nitrogens with two attached hydrogens (primary N) is 1. The predicted octanol–water partition coefficient (Wildman–Crippen LogP) is 3.16. The van der Waals surface area contributed by atoms with Crippen molar-refractivity contribution >= 4 is 23.1 Å². The maximum absolute atomic E-state index is 12.6. The lowest BCUT2D eigenvalue weighted by molar-refractivity contribution is -0.131. The SMILES string of the molecule is CCC(CC)(NC(=O)C1CCCCC1(C)C)C(N)=S. The molecule has 3 nitrogen and oxygen atoms in total. The minimum atomic E-state index is -0.514. The summed E-state index contributed by atoms with van der Waals surface area (Å²) in [5.74, 6) is 0.203. The van der Waals surface area contributed by atoms with Crippen molar-refractivity contribution in [2.75, 3.05) is 0 Å².